The van der Waals surface area contributed by atoms with E-state index in [1.54, 1.807) is 72.8 Å². The Balaban J connectivity index is 1.10. The number of aromatic nitrogens is 6. The van der Waals surface area contributed by atoms with Gasteiger partial charge in [0.05, 0.1) is 11.0 Å². The highest BCUT2D eigenvalue weighted by Crippen LogP contribution is 2.38. The van der Waals surface area contributed by atoms with E-state index in [4.69, 9.17) is 0 Å². The van der Waals surface area contributed by atoms with Crippen molar-refractivity contribution in [1.29, 1.82) is 0 Å². The Morgan fingerprint density at radius 3 is 1.83 bits per heavy atom. The smallest absolute Gasteiger partial charge is 0.325 e. The lowest BCUT2D eigenvalue weighted by atomic mass is 10.1. The molecule has 2 N–H and O–H groups in total. The molecular weight excluding hydrogens is 775 g/mol. The average Bonchev–Trinajstić information content (AvgIpc) is 3.89. The fraction of sp³-hybridized carbons (Fsp3) is 0.136. The molecule has 0 aliphatic rings. The summed E-state index contributed by atoms with van der Waals surface area (Å²) in [5.41, 5.74) is 3.01. The summed E-state index contributed by atoms with van der Waals surface area (Å²) in [5, 5.41) is 22.8. The van der Waals surface area contributed by atoms with Crippen molar-refractivity contribution in [3.05, 3.63) is 163 Å². The molecule has 0 bridgehead atoms. The third-order valence-corrected chi connectivity index (χ3v) is 11.0. The number of allylic oxidation sites excluding steroid dienone is 1. The van der Waals surface area contributed by atoms with Gasteiger partial charge in [0.25, 0.3) is 0 Å². The maximum Gasteiger partial charge on any atom is 0.359 e. The number of halogens is 2. The zero-order valence-corrected chi connectivity index (χ0v) is 32.9. The van der Waals surface area contributed by atoms with Crippen molar-refractivity contribution in [2.75, 3.05) is 16.4 Å². The molecule has 2 amide bonds. The van der Waals surface area contributed by atoms with Crippen LogP contribution in [0.15, 0.2) is 162 Å². The van der Waals surface area contributed by atoms with Gasteiger partial charge in [0.2, 0.25) is 11.8 Å². The lowest BCUT2D eigenvalue weighted by Gasteiger charge is -2.22. The van der Waals surface area contributed by atoms with Gasteiger partial charge in [0.1, 0.15) is 0 Å². The number of hydrogen-bond acceptors (Lipinski definition) is 8. The van der Waals surface area contributed by atoms with Gasteiger partial charge >= 0.3 is 6.05 Å². The van der Waals surface area contributed by atoms with Crippen LogP contribution in [0.4, 0.5) is 20.2 Å². The number of thioether (sulfide) groups is 2. The standard InChI is InChI=1S/C44H38F2N8O2S2/c1-2-53-39(32-17-7-3-8-18-32)49-51-42(53)58-37(41(56)48-36-23-13-6-14-24-36)25-15-16-31-26-28-34(29-27-31)44(45,46)54-40(33-19-9-4-10-20-33)50-52-43(54)57-30-38(55)47-35-21-11-5-12-22-35/h3-24,26-29,37H,2,25,30H2,1H3,(H,47,55)(H,48,56)/b16-15+. The van der Waals surface area contributed by atoms with Crippen molar-refractivity contribution in [3.8, 4) is 22.8 Å². The first-order valence-corrected chi connectivity index (χ1v) is 20.3. The van der Waals surface area contributed by atoms with Gasteiger partial charge in [-0.15, -0.1) is 20.4 Å². The largest absolute Gasteiger partial charge is 0.359 e. The van der Waals surface area contributed by atoms with Gasteiger partial charge < -0.3 is 15.2 Å². The van der Waals surface area contributed by atoms with Crippen LogP contribution in [0.3, 0.4) is 0 Å². The molecule has 0 saturated heterocycles. The van der Waals surface area contributed by atoms with E-state index < -0.39 is 11.3 Å². The first-order valence-electron chi connectivity index (χ1n) is 18.4. The van der Waals surface area contributed by atoms with Crippen molar-refractivity contribution in [1.82, 2.24) is 29.5 Å². The number of para-hydroxylation sites is 2. The van der Waals surface area contributed by atoms with Crippen LogP contribution in [0.5, 0.6) is 0 Å². The zero-order valence-electron chi connectivity index (χ0n) is 31.3. The summed E-state index contributed by atoms with van der Waals surface area (Å²) in [5.74, 6) is -0.0597. The summed E-state index contributed by atoms with van der Waals surface area (Å²) in [7, 11) is 0. The summed E-state index contributed by atoms with van der Waals surface area (Å²) in [6.07, 6.45) is 3.97. The predicted molar refractivity (Wildman–Crippen MR) is 226 cm³/mol. The van der Waals surface area contributed by atoms with E-state index in [1.807, 2.05) is 84.3 Å². The third-order valence-electron chi connectivity index (χ3n) is 8.90. The number of nitrogens with one attached hydrogen (secondary N) is 2. The summed E-state index contributed by atoms with van der Waals surface area (Å²) < 4.78 is 36.0. The number of alkyl halides is 2. The normalized spacial score (nSPS) is 12.1. The molecule has 14 heteroatoms. The second-order valence-corrected chi connectivity index (χ2v) is 15.0. The number of anilines is 2. The minimum atomic E-state index is -3.58. The Bertz CT molecular complexity index is 2460. The molecule has 5 aromatic carbocycles. The number of rotatable bonds is 16. The lowest BCUT2D eigenvalue weighted by molar-refractivity contribution is -0.116. The minimum Gasteiger partial charge on any atom is -0.325 e. The molecule has 1 atom stereocenters. The van der Waals surface area contributed by atoms with E-state index in [2.05, 4.69) is 31.0 Å². The van der Waals surface area contributed by atoms with E-state index in [0.717, 1.165) is 21.9 Å². The van der Waals surface area contributed by atoms with Gasteiger partial charge in [0.15, 0.2) is 22.0 Å². The molecule has 292 valence electrons. The second-order valence-electron chi connectivity index (χ2n) is 12.9. The van der Waals surface area contributed by atoms with E-state index in [0.29, 0.717) is 46.4 Å². The van der Waals surface area contributed by atoms with Crippen LogP contribution in [-0.4, -0.2) is 52.3 Å². The molecule has 7 aromatic rings. The maximum absolute atomic E-state index is 16.6. The van der Waals surface area contributed by atoms with Crippen molar-refractivity contribution in [3.63, 3.8) is 0 Å². The SMILES string of the molecule is CCn1c(SC(C/C=C/c2ccc(C(F)(F)n3c(SCC(=O)Nc4ccccc4)nnc3-c3ccccc3)cc2)C(=O)Nc2ccccc2)nnc1-c1ccccc1. The van der Waals surface area contributed by atoms with Gasteiger partial charge in [-0.05, 0) is 43.2 Å². The van der Waals surface area contributed by atoms with E-state index in [-0.39, 0.29) is 34.1 Å². The predicted octanol–water partition coefficient (Wildman–Crippen LogP) is 9.75. The molecule has 10 nitrogen and oxygen atoms in total. The fourth-order valence-corrected chi connectivity index (χ4v) is 7.85. The van der Waals surface area contributed by atoms with E-state index in [1.165, 1.54) is 23.9 Å². The monoisotopic (exact) mass is 812 g/mol. The lowest BCUT2D eigenvalue weighted by Crippen LogP contribution is -2.26. The van der Waals surface area contributed by atoms with Crippen LogP contribution < -0.4 is 10.6 Å². The summed E-state index contributed by atoms with van der Waals surface area (Å²) in [6.45, 7) is 2.61. The summed E-state index contributed by atoms with van der Waals surface area (Å²) in [6, 6.07) is 38.8. The number of nitrogens with zero attached hydrogens (tertiary/aromatic N) is 6. The Kier molecular flexibility index (Phi) is 12.9. The van der Waals surface area contributed by atoms with E-state index in [9.17, 15) is 9.59 Å². The second kappa shape index (κ2) is 18.7. The van der Waals surface area contributed by atoms with Crippen LogP contribution in [0.1, 0.15) is 24.5 Å². The molecule has 58 heavy (non-hydrogen) atoms. The molecule has 0 spiro atoms. The molecule has 0 saturated carbocycles. The van der Waals surface area contributed by atoms with Crippen molar-refractivity contribution < 1.29 is 18.4 Å². The van der Waals surface area contributed by atoms with Crippen molar-refractivity contribution in [2.45, 2.75) is 41.5 Å². The third kappa shape index (κ3) is 9.59. The Labute approximate surface area is 342 Å². The minimum absolute atomic E-state index is 0.0346. The summed E-state index contributed by atoms with van der Waals surface area (Å²) in [4.78, 5) is 26.4. The zero-order chi connectivity index (χ0) is 40.3. The first-order chi connectivity index (χ1) is 28.3. The topological polar surface area (TPSA) is 120 Å². The molecule has 2 aromatic heterocycles. The average molecular weight is 813 g/mol. The van der Waals surface area contributed by atoms with Gasteiger partial charge in [-0.3, -0.25) is 9.59 Å². The highest BCUT2D eigenvalue weighted by molar-refractivity contribution is 8.00. The van der Waals surface area contributed by atoms with Crippen LogP contribution in [-0.2, 0) is 22.2 Å². The number of hydrogen-bond donors (Lipinski definition) is 2. The van der Waals surface area contributed by atoms with Crippen LogP contribution in [0.25, 0.3) is 28.9 Å². The number of benzene rings is 5. The molecule has 2 heterocycles. The van der Waals surface area contributed by atoms with Crippen molar-refractivity contribution in [2.24, 2.45) is 0 Å². The molecule has 0 radical (unpaired) electrons. The number of amides is 2. The van der Waals surface area contributed by atoms with Gasteiger partial charge in [-0.2, -0.15) is 8.78 Å². The van der Waals surface area contributed by atoms with E-state index >= 15 is 8.78 Å². The van der Waals surface area contributed by atoms with Gasteiger partial charge in [-0.1, -0.05) is 157 Å². The number of carbonyl (C=O) groups excluding carboxylic acids is 2. The molecule has 7 rings (SSSR count). The van der Waals surface area contributed by atoms with Crippen LogP contribution >= 0.6 is 23.5 Å². The Morgan fingerprint density at radius 1 is 0.690 bits per heavy atom. The Morgan fingerprint density at radius 2 is 1.22 bits per heavy atom. The highest BCUT2D eigenvalue weighted by atomic mass is 32.2. The van der Waals surface area contributed by atoms with Gasteiger partial charge in [0, 0.05) is 34.6 Å². The first kappa shape index (κ1) is 39.8. The fourth-order valence-electron chi connectivity index (χ4n) is 6.03. The van der Waals surface area contributed by atoms with Crippen LogP contribution in [0.2, 0.25) is 0 Å². The highest BCUT2D eigenvalue weighted by Gasteiger charge is 2.39. The summed E-state index contributed by atoms with van der Waals surface area (Å²) >= 11 is 2.19. The molecule has 0 fully saturated rings. The van der Waals surface area contributed by atoms with Gasteiger partial charge in [-0.25, -0.2) is 4.57 Å². The quantitative estimate of drug-likeness (QED) is 0.0927. The van der Waals surface area contributed by atoms with Crippen molar-refractivity contribution >= 4 is 52.8 Å². The number of carbonyl (C=O) groups is 2. The maximum atomic E-state index is 16.6. The Hall–Kier alpha value is -6.38. The molecular formula is C44H38F2N8O2S2. The molecule has 0 aliphatic heterocycles. The van der Waals surface area contributed by atoms with Crippen LogP contribution in [0, 0.1) is 0 Å². The molecule has 1 unspecified atom stereocenters. The molecule has 0 aliphatic carbocycles.